The van der Waals surface area contributed by atoms with Gasteiger partial charge in [0.2, 0.25) is 0 Å². The maximum absolute atomic E-state index is 13.4. The van der Waals surface area contributed by atoms with Gasteiger partial charge in [-0.2, -0.15) is 0 Å². The predicted molar refractivity (Wildman–Crippen MR) is 80.0 cm³/mol. The van der Waals surface area contributed by atoms with E-state index in [1.165, 1.54) is 23.6 Å². The van der Waals surface area contributed by atoms with E-state index in [9.17, 15) is 4.39 Å². The van der Waals surface area contributed by atoms with Crippen LogP contribution in [0.2, 0.25) is 0 Å². The van der Waals surface area contributed by atoms with Gasteiger partial charge in [-0.05, 0) is 49.6 Å². The van der Waals surface area contributed by atoms with Crippen LogP contribution in [0.25, 0.3) is 0 Å². The van der Waals surface area contributed by atoms with E-state index in [1.54, 1.807) is 6.07 Å². The zero-order valence-electron chi connectivity index (χ0n) is 11.8. The van der Waals surface area contributed by atoms with Crippen LogP contribution < -0.4 is 0 Å². The molecule has 104 valence electrons. The first kappa shape index (κ1) is 13.3. The molecule has 1 nitrogen and oxygen atoms in total. The summed E-state index contributed by atoms with van der Waals surface area (Å²) in [5.74, 6) is -0.134. The normalized spacial score (nSPS) is 19.4. The first-order chi connectivity index (χ1) is 9.72. The average Bonchev–Trinajstić information content (AvgIpc) is 2.87. The van der Waals surface area contributed by atoms with Crippen LogP contribution in [0.1, 0.15) is 35.6 Å². The molecule has 1 fully saturated rings. The predicted octanol–water partition coefficient (Wildman–Crippen LogP) is 4.47. The minimum atomic E-state index is -0.134. The van der Waals surface area contributed by atoms with Gasteiger partial charge in [0.1, 0.15) is 5.82 Å². The highest BCUT2D eigenvalue weighted by Crippen LogP contribution is 2.33. The Morgan fingerprint density at radius 3 is 2.80 bits per heavy atom. The first-order valence-electron chi connectivity index (χ1n) is 7.27. The lowest BCUT2D eigenvalue weighted by Gasteiger charge is -2.25. The third-order valence-corrected chi connectivity index (χ3v) is 4.07. The molecule has 0 aliphatic carbocycles. The molecule has 1 aliphatic heterocycles. The van der Waals surface area contributed by atoms with Crippen molar-refractivity contribution in [3.05, 3.63) is 71.0 Å². The Labute approximate surface area is 120 Å². The van der Waals surface area contributed by atoms with Crippen molar-refractivity contribution in [1.82, 2.24) is 4.90 Å². The van der Waals surface area contributed by atoms with Gasteiger partial charge in [0, 0.05) is 12.6 Å². The number of aryl methyl sites for hydroxylation is 1. The maximum Gasteiger partial charge on any atom is 0.123 e. The summed E-state index contributed by atoms with van der Waals surface area (Å²) in [6.07, 6.45) is 2.31. The van der Waals surface area contributed by atoms with Gasteiger partial charge in [-0.1, -0.05) is 42.0 Å². The zero-order chi connectivity index (χ0) is 13.9. The van der Waals surface area contributed by atoms with Crippen molar-refractivity contribution >= 4 is 0 Å². The molecule has 3 rings (SSSR count). The topological polar surface area (TPSA) is 3.24 Å². The van der Waals surface area contributed by atoms with Crippen molar-refractivity contribution in [3.8, 4) is 0 Å². The molecule has 1 aliphatic rings. The Kier molecular flexibility index (Phi) is 3.83. The van der Waals surface area contributed by atoms with Gasteiger partial charge in [-0.15, -0.1) is 0 Å². The van der Waals surface area contributed by atoms with Gasteiger partial charge < -0.3 is 0 Å². The van der Waals surface area contributed by atoms with Crippen LogP contribution >= 0.6 is 0 Å². The Morgan fingerprint density at radius 2 is 2.00 bits per heavy atom. The Balaban J connectivity index is 1.79. The van der Waals surface area contributed by atoms with Gasteiger partial charge in [0.25, 0.3) is 0 Å². The molecule has 0 radical (unpaired) electrons. The van der Waals surface area contributed by atoms with Crippen LogP contribution in [0, 0.1) is 12.7 Å². The standard InChI is InChI=1S/C18H20FN/c1-14-5-2-6-15(11-14)13-20-10-4-9-18(20)16-7-3-8-17(19)12-16/h2-3,5-8,11-12,18H,4,9-10,13H2,1H3/t18-/m1/s1. The minimum Gasteiger partial charge on any atom is -0.292 e. The third-order valence-electron chi connectivity index (χ3n) is 4.07. The highest BCUT2D eigenvalue weighted by Gasteiger charge is 2.26. The molecule has 2 heteroatoms. The summed E-state index contributed by atoms with van der Waals surface area (Å²) in [6.45, 7) is 4.16. The molecule has 0 spiro atoms. The quantitative estimate of drug-likeness (QED) is 0.794. The number of rotatable bonds is 3. The average molecular weight is 269 g/mol. The number of hydrogen-bond acceptors (Lipinski definition) is 1. The van der Waals surface area contributed by atoms with Crippen LogP contribution in [0.4, 0.5) is 4.39 Å². The molecule has 0 bridgehead atoms. The Hall–Kier alpha value is -1.67. The Morgan fingerprint density at radius 1 is 1.15 bits per heavy atom. The maximum atomic E-state index is 13.4. The second-order valence-corrected chi connectivity index (χ2v) is 5.67. The smallest absolute Gasteiger partial charge is 0.123 e. The van der Waals surface area contributed by atoms with E-state index in [0.717, 1.165) is 25.1 Å². The van der Waals surface area contributed by atoms with Crippen molar-refractivity contribution in [2.75, 3.05) is 6.54 Å². The van der Waals surface area contributed by atoms with E-state index < -0.39 is 0 Å². The number of benzene rings is 2. The lowest BCUT2D eigenvalue weighted by Crippen LogP contribution is -2.22. The summed E-state index contributed by atoms with van der Waals surface area (Å²) in [7, 11) is 0. The minimum absolute atomic E-state index is 0.134. The van der Waals surface area contributed by atoms with Crippen LogP contribution in [-0.2, 0) is 6.54 Å². The third kappa shape index (κ3) is 2.91. The van der Waals surface area contributed by atoms with Crippen LogP contribution in [0.15, 0.2) is 48.5 Å². The Bertz CT molecular complexity index is 593. The second kappa shape index (κ2) is 5.76. The molecule has 1 atom stereocenters. The van der Waals surface area contributed by atoms with Crippen molar-refractivity contribution in [1.29, 1.82) is 0 Å². The highest BCUT2D eigenvalue weighted by atomic mass is 19.1. The van der Waals surface area contributed by atoms with E-state index in [2.05, 4.69) is 36.1 Å². The molecule has 1 heterocycles. The lowest BCUT2D eigenvalue weighted by atomic mass is 10.0. The van der Waals surface area contributed by atoms with E-state index in [4.69, 9.17) is 0 Å². The van der Waals surface area contributed by atoms with Crippen molar-refractivity contribution in [2.24, 2.45) is 0 Å². The summed E-state index contributed by atoms with van der Waals surface area (Å²) in [4.78, 5) is 2.46. The van der Waals surface area contributed by atoms with E-state index >= 15 is 0 Å². The van der Waals surface area contributed by atoms with Gasteiger partial charge in [-0.25, -0.2) is 4.39 Å². The van der Waals surface area contributed by atoms with E-state index in [1.807, 2.05) is 12.1 Å². The second-order valence-electron chi connectivity index (χ2n) is 5.67. The fourth-order valence-electron chi connectivity index (χ4n) is 3.15. The van der Waals surface area contributed by atoms with Gasteiger partial charge >= 0.3 is 0 Å². The summed E-state index contributed by atoms with van der Waals surface area (Å²) >= 11 is 0. The molecular formula is C18H20FN. The van der Waals surface area contributed by atoms with Crippen molar-refractivity contribution in [2.45, 2.75) is 32.4 Å². The number of halogens is 1. The largest absolute Gasteiger partial charge is 0.292 e. The summed E-state index contributed by atoms with van der Waals surface area (Å²) in [5, 5.41) is 0. The molecule has 0 amide bonds. The van der Waals surface area contributed by atoms with Crippen molar-refractivity contribution < 1.29 is 4.39 Å². The lowest BCUT2D eigenvalue weighted by molar-refractivity contribution is 0.248. The van der Waals surface area contributed by atoms with Gasteiger partial charge in [0.15, 0.2) is 0 Å². The van der Waals surface area contributed by atoms with E-state index in [-0.39, 0.29) is 5.82 Å². The molecule has 0 N–H and O–H groups in total. The molecular weight excluding hydrogens is 249 g/mol. The number of hydrogen-bond donors (Lipinski definition) is 0. The molecule has 2 aromatic rings. The molecule has 1 saturated heterocycles. The van der Waals surface area contributed by atoms with Gasteiger partial charge in [-0.3, -0.25) is 4.90 Å². The molecule has 2 aromatic carbocycles. The van der Waals surface area contributed by atoms with Crippen LogP contribution in [0.3, 0.4) is 0 Å². The molecule has 0 aromatic heterocycles. The zero-order valence-corrected chi connectivity index (χ0v) is 11.8. The van der Waals surface area contributed by atoms with Crippen LogP contribution in [-0.4, -0.2) is 11.4 Å². The first-order valence-corrected chi connectivity index (χ1v) is 7.27. The monoisotopic (exact) mass is 269 g/mol. The van der Waals surface area contributed by atoms with Crippen molar-refractivity contribution in [3.63, 3.8) is 0 Å². The fourth-order valence-corrected chi connectivity index (χ4v) is 3.15. The number of likely N-dealkylation sites (tertiary alicyclic amines) is 1. The van der Waals surface area contributed by atoms with Gasteiger partial charge in [0.05, 0.1) is 0 Å². The summed E-state index contributed by atoms with van der Waals surface area (Å²) < 4.78 is 13.4. The molecule has 0 saturated carbocycles. The highest BCUT2D eigenvalue weighted by molar-refractivity contribution is 5.24. The fraction of sp³-hybridized carbons (Fsp3) is 0.333. The number of nitrogens with zero attached hydrogens (tertiary/aromatic N) is 1. The van der Waals surface area contributed by atoms with E-state index in [0.29, 0.717) is 6.04 Å². The summed E-state index contributed by atoms with van der Waals surface area (Å²) in [6, 6.07) is 16.1. The summed E-state index contributed by atoms with van der Waals surface area (Å²) in [5.41, 5.74) is 3.74. The SMILES string of the molecule is Cc1cccc(CN2CCC[C@@H]2c2cccc(F)c2)c1. The van der Waals surface area contributed by atoms with Crippen LogP contribution in [0.5, 0.6) is 0 Å². The molecule has 20 heavy (non-hydrogen) atoms. The molecule has 0 unspecified atom stereocenters.